The highest BCUT2D eigenvalue weighted by Crippen LogP contribution is 2.42. The summed E-state index contributed by atoms with van der Waals surface area (Å²) in [5.41, 5.74) is 5.29. The molecular weight excluding hydrogens is 701 g/mol. The number of furan rings is 2. The molecule has 0 radical (unpaired) electrons. The van der Waals surface area contributed by atoms with Gasteiger partial charge in [0.2, 0.25) is 0 Å². The molecular formula is C51H30N4O2. The molecule has 0 aliphatic carbocycles. The maximum absolute atomic E-state index is 9.50. The van der Waals surface area contributed by atoms with E-state index in [0.717, 1.165) is 21.9 Å². The van der Waals surface area contributed by atoms with Gasteiger partial charge in [0.15, 0.2) is 17.5 Å². The Balaban J connectivity index is 1.12. The number of benzene rings is 8. The average molecular weight is 741 g/mol. The van der Waals surface area contributed by atoms with Gasteiger partial charge >= 0.3 is 0 Å². The molecule has 4 heterocycles. The summed E-state index contributed by atoms with van der Waals surface area (Å²) < 4.78 is 103. The molecule has 0 amide bonds. The van der Waals surface area contributed by atoms with Crippen molar-refractivity contribution in [1.29, 1.82) is 0 Å². The fourth-order valence-corrected chi connectivity index (χ4v) is 7.88. The van der Waals surface area contributed by atoms with Crippen molar-refractivity contribution in [3.8, 4) is 51.0 Å². The molecule has 8 aromatic carbocycles. The predicted octanol–water partition coefficient (Wildman–Crippen LogP) is 13.4. The van der Waals surface area contributed by atoms with Crippen molar-refractivity contribution in [3.63, 3.8) is 0 Å². The third-order valence-electron chi connectivity index (χ3n) is 10.4. The summed E-state index contributed by atoms with van der Waals surface area (Å²) in [4.78, 5) is 15.1. The van der Waals surface area contributed by atoms with Gasteiger partial charge in [-0.25, -0.2) is 15.0 Å². The Bertz CT molecular complexity index is 4110. The van der Waals surface area contributed by atoms with E-state index in [0.29, 0.717) is 44.5 Å². The van der Waals surface area contributed by atoms with Crippen LogP contribution in [0.15, 0.2) is 191 Å². The molecule has 0 aliphatic rings. The molecule has 6 nitrogen and oxygen atoms in total. The molecule has 0 N–H and O–H groups in total. The van der Waals surface area contributed by atoms with Crippen LogP contribution in [0.3, 0.4) is 0 Å². The Morgan fingerprint density at radius 3 is 1.98 bits per heavy atom. The van der Waals surface area contributed by atoms with Crippen LogP contribution in [0, 0.1) is 0 Å². The Morgan fingerprint density at radius 1 is 0.421 bits per heavy atom. The van der Waals surface area contributed by atoms with E-state index in [1.807, 2.05) is 78.9 Å². The zero-order valence-electron chi connectivity index (χ0n) is 39.7. The first-order chi connectivity index (χ1) is 32.4. The maximum atomic E-state index is 9.50. The number of hydrogen-bond donors (Lipinski definition) is 0. The molecule has 0 saturated carbocycles. The Hall–Kier alpha value is -7.83. The highest BCUT2D eigenvalue weighted by atomic mass is 16.3. The molecule has 12 aromatic rings. The second-order valence-corrected chi connectivity index (χ2v) is 13.6. The fourth-order valence-electron chi connectivity index (χ4n) is 7.88. The van der Waals surface area contributed by atoms with Crippen molar-refractivity contribution in [2.75, 3.05) is 0 Å². The van der Waals surface area contributed by atoms with Crippen LogP contribution in [0.4, 0.5) is 0 Å². The molecule has 266 valence electrons. The van der Waals surface area contributed by atoms with E-state index < -0.39 is 30.2 Å². The van der Waals surface area contributed by atoms with Gasteiger partial charge in [0.05, 0.1) is 30.3 Å². The number of rotatable bonds is 5. The van der Waals surface area contributed by atoms with Gasteiger partial charge in [-0.1, -0.05) is 133 Å². The highest BCUT2D eigenvalue weighted by molar-refractivity contribution is 6.16. The largest absolute Gasteiger partial charge is 0.456 e. The van der Waals surface area contributed by atoms with Crippen molar-refractivity contribution < 1.29 is 22.5 Å². The lowest BCUT2D eigenvalue weighted by molar-refractivity contribution is 0.668. The molecule has 0 atom stereocenters. The summed E-state index contributed by atoms with van der Waals surface area (Å²) in [6.45, 7) is 0. The van der Waals surface area contributed by atoms with Gasteiger partial charge in [-0.3, -0.25) is 0 Å². The minimum absolute atomic E-state index is 0.0204. The molecule has 12 rings (SSSR count). The van der Waals surface area contributed by atoms with Crippen LogP contribution in [0.2, 0.25) is 0 Å². The molecule has 0 bridgehead atoms. The third kappa shape index (κ3) is 4.87. The second-order valence-electron chi connectivity index (χ2n) is 13.6. The zero-order valence-corrected chi connectivity index (χ0v) is 29.7. The SMILES string of the molecule is [2H]c1cc2c(cc1-n1c3cc([2H])c([2H])c([2H])c3c3c([2H])c([2H])c([2H])c([2H])c31)oc1c([2H])c([2H])cc(-c3nc(-c4ccccc4)nc(-c4cccc5c4oc4cccc(-c6ccccc6)c45)n3)c12. The summed E-state index contributed by atoms with van der Waals surface area (Å²) >= 11 is 0. The lowest BCUT2D eigenvalue weighted by Crippen LogP contribution is -2.00. The summed E-state index contributed by atoms with van der Waals surface area (Å²) in [5.74, 6) is 0.781. The first kappa shape index (κ1) is 23.2. The van der Waals surface area contributed by atoms with Gasteiger partial charge in [-0.05, 0) is 53.5 Å². The molecule has 0 unspecified atom stereocenters. The standard InChI is InChI=1S/C51H30N4O2/c1-3-14-31(15-4-1)34-20-12-27-44-46(34)38-21-11-23-40(48(38)57-44)51-53-49(32-16-5-2-6-17-32)52-50(54-51)39-22-13-26-43-47(39)37-29-28-33(30-45(37)56-43)55-41-24-9-7-18-35(41)36-19-8-10-25-42(36)55/h1-30H/i7D,8D,9D,10D,13D,18D,19D,24D,26D,28D. The molecule has 0 spiro atoms. The molecule has 0 saturated heterocycles. The van der Waals surface area contributed by atoms with Gasteiger partial charge in [0.1, 0.15) is 22.3 Å². The lowest BCUT2D eigenvalue weighted by atomic mass is 9.99. The summed E-state index contributed by atoms with van der Waals surface area (Å²) in [7, 11) is 0. The number of aromatic nitrogens is 4. The van der Waals surface area contributed by atoms with Crippen molar-refractivity contribution in [2.45, 2.75) is 0 Å². The van der Waals surface area contributed by atoms with E-state index in [9.17, 15) is 1.37 Å². The van der Waals surface area contributed by atoms with Crippen molar-refractivity contribution in [3.05, 3.63) is 182 Å². The summed E-state index contributed by atoms with van der Waals surface area (Å²) in [6, 6.07) is 33.5. The lowest BCUT2D eigenvalue weighted by Gasteiger charge is -2.10. The summed E-state index contributed by atoms with van der Waals surface area (Å²) in [5, 5.41) is 2.55. The summed E-state index contributed by atoms with van der Waals surface area (Å²) in [6.07, 6.45) is 0. The van der Waals surface area contributed by atoms with Gasteiger partial charge in [-0.15, -0.1) is 0 Å². The van der Waals surface area contributed by atoms with Crippen LogP contribution in [-0.4, -0.2) is 19.5 Å². The van der Waals surface area contributed by atoms with E-state index in [4.69, 9.17) is 36.1 Å². The molecule has 57 heavy (non-hydrogen) atoms. The van der Waals surface area contributed by atoms with E-state index in [1.54, 1.807) is 0 Å². The monoisotopic (exact) mass is 740 g/mol. The number of fused-ring (bicyclic) bond motifs is 9. The van der Waals surface area contributed by atoms with E-state index >= 15 is 0 Å². The Labute approximate surface area is 340 Å². The topological polar surface area (TPSA) is 69.9 Å². The molecule has 0 fully saturated rings. The van der Waals surface area contributed by atoms with Gasteiger partial charge in [-0.2, -0.15) is 0 Å². The predicted molar refractivity (Wildman–Crippen MR) is 230 cm³/mol. The van der Waals surface area contributed by atoms with Crippen LogP contribution in [0.1, 0.15) is 13.7 Å². The van der Waals surface area contributed by atoms with Crippen LogP contribution in [0.25, 0.3) is 117 Å². The second kappa shape index (κ2) is 12.3. The first-order valence-electron chi connectivity index (χ1n) is 23.2. The smallest absolute Gasteiger partial charge is 0.167 e. The number of nitrogens with zero attached hydrogens (tertiary/aromatic N) is 4. The van der Waals surface area contributed by atoms with Gasteiger partial charge in [0.25, 0.3) is 0 Å². The Kier molecular flexibility index (Phi) is 5.02. The van der Waals surface area contributed by atoms with Gasteiger partial charge in [0, 0.05) is 55.2 Å². The minimum Gasteiger partial charge on any atom is -0.456 e. The molecule has 6 heteroatoms. The Morgan fingerprint density at radius 2 is 1.12 bits per heavy atom. The molecule has 0 aliphatic heterocycles. The van der Waals surface area contributed by atoms with Crippen LogP contribution < -0.4 is 0 Å². The van der Waals surface area contributed by atoms with Crippen LogP contribution >= 0.6 is 0 Å². The molecule has 4 aromatic heterocycles. The van der Waals surface area contributed by atoms with E-state index in [1.165, 1.54) is 28.8 Å². The van der Waals surface area contributed by atoms with Crippen LogP contribution in [0.5, 0.6) is 0 Å². The fraction of sp³-hybridized carbons (Fsp3) is 0. The van der Waals surface area contributed by atoms with Crippen molar-refractivity contribution >= 4 is 65.7 Å². The van der Waals surface area contributed by atoms with Crippen LogP contribution in [-0.2, 0) is 0 Å². The highest BCUT2D eigenvalue weighted by Gasteiger charge is 2.22. The maximum Gasteiger partial charge on any atom is 0.167 e. The number of para-hydroxylation sites is 3. The average Bonchev–Trinajstić information content (AvgIpc) is 4.03. The quantitative estimate of drug-likeness (QED) is 0.176. The zero-order chi connectivity index (χ0) is 46.2. The van der Waals surface area contributed by atoms with E-state index in [-0.39, 0.29) is 80.5 Å². The van der Waals surface area contributed by atoms with E-state index in [2.05, 4.69) is 18.2 Å². The van der Waals surface area contributed by atoms with Crippen molar-refractivity contribution in [1.82, 2.24) is 19.5 Å². The van der Waals surface area contributed by atoms with Gasteiger partial charge < -0.3 is 13.4 Å². The van der Waals surface area contributed by atoms with Crippen molar-refractivity contribution in [2.24, 2.45) is 0 Å². The minimum atomic E-state index is -0.534. The first-order valence-corrected chi connectivity index (χ1v) is 18.2. The third-order valence-corrected chi connectivity index (χ3v) is 10.4. The normalized spacial score (nSPS) is 14.3. The number of hydrogen-bond acceptors (Lipinski definition) is 5.